The lowest BCUT2D eigenvalue weighted by Gasteiger charge is -2.06. The van der Waals surface area contributed by atoms with Crippen molar-refractivity contribution in [3.63, 3.8) is 0 Å². The van der Waals surface area contributed by atoms with Crippen molar-refractivity contribution in [1.82, 2.24) is 5.27 Å². The molecule has 3 rings (SSSR count). The maximum Gasteiger partial charge on any atom is 0.436 e. The third kappa shape index (κ3) is 3.52. The van der Waals surface area contributed by atoms with Crippen LogP contribution in [0.25, 0.3) is 5.69 Å². The molecule has 0 aliphatic rings. The van der Waals surface area contributed by atoms with Gasteiger partial charge in [-0.3, -0.25) is 9.52 Å². The molecule has 0 fully saturated rings. The van der Waals surface area contributed by atoms with E-state index in [1.807, 2.05) is 0 Å². The Kier molecular flexibility index (Phi) is 4.78. The molecule has 2 aromatic carbocycles. The van der Waals surface area contributed by atoms with Gasteiger partial charge in [0.05, 0.1) is 23.7 Å². The Morgan fingerprint density at radius 1 is 1.24 bits per heavy atom. The van der Waals surface area contributed by atoms with Crippen LogP contribution in [-0.2, 0) is 0 Å². The predicted octanol–water partition coefficient (Wildman–Crippen LogP) is 2.00. The number of aromatic amines is 1. The van der Waals surface area contributed by atoms with Gasteiger partial charge in [0.2, 0.25) is 5.69 Å². The average molecular weight is 380 g/mol. The molecule has 0 radical (unpaired) electrons. The Labute approximate surface area is 151 Å². The highest BCUT2D eigenvalue weighted by molar-refractivity contribution is 6.36. The zero-order valence-corrected chi connectivity index (χ0v) is 14.3. The van der Waals surface area contributed by atoms with Crippen molar-refractivity contribution in [3.05, 3.63) is 68.6 Å². The summed E-state index contributed by atoms with van der Waals surface area (Å²) in [5, 5.41) is 15.4. The van der Waals surface area contributed by atoms with Gasteiger partial charge in [0.1, 0.15) is 5.75 Å². The Morgan fingerprint density at radius 3 is 2.60 bits per heavy atom. The van der Waals surface area contributed by atoms with Crippen molar-refractivity contribution >= 4 is 34.8 Å². The summed E-state index contributed by atoms with van der Waals surface area (Å²) in [5.74, 6) is -0.184. The van der Waals surface area contributed by atoms with E-state index < -0.39 is 11.5 Å². The Hall–Kier alpha value is -2.77. The number of benzene rings is 2. The molecule has 0 aliphatic heterocycles. The summed E-state index contributed by atoms with van der Waals surface area (Å²) in [5.41, 5.74) is -0.462. The Balaban J connectivity index is 2.06. The first kappa shape index (κ1) is 17.1. The number of nitrogens with one attached hydrogen (secondary N) is 1. The van der Waals surface area contributed by atoms with Crippen LogP contribution in [0.1, 0.15) is 5.69 Å². The highest BCUT2D eigenvalue weighted by Gasteiger charge is 2.24. The molecule has 1 aromatic heterocycles. The molecule has 0 atom stereocenters. The summed E-state index contributed by atoms with van der Waals surface area (Å²) in [4.78, 5) is 15.8. The van der Waals surface area contributed by atoms with Gasteiger partial charge in [-0.25, -0.2) is 4.79 Å². The van der Waals surface area contributed by atoms with E-state index in [0.29, 0.717) is 16.5 Å². The van der Waals surface area contributed by atoms with Gasteiger partial charge in [-0.15, -0.1) is 0 Å². The van der Waals surface area contributed by atoms with Gasteiger partial charge in [-0.05, 0) is 40.3 Å². The maximum absolute atomic E-state index is 12.5. The van der Waals surface area contributed by atoms with E-state index in [9.17, 15) is 9.90 Å². The van der Waals surface area contributed by atoms with E-state index in [1.54, 1.807) is 24.3 Å². The second-order valence-corrected chi connectivity index (χ2v) is 5.72. The number of aromatic nitrogens is 2. The first-order valence-corrected chi connectivity index (χ1v) is 7.74. The van der Waals surface area contributed by atoms with Crippen LogP contribution in [0.5, 0.6) is 5.75 Å². The number of hydrogen-bond acceptors (Lipinski definition) is 5. The minimum atomic E-state index is -0.852. The number of methoxy groups -OCH3 is 1. The zero-order valence-electron chi connectivity index (χ0n) is 12.8. The monoisotopic (exact) mass is 379 g/mol. The SMILES string of the molecule is COc1ccc(-[n+]2[nH]oc(=O)c2C([O-])=Nc2ccc(Cl)cc2Cl)cc1. The number of rotatable bonds is 4. The molecule has 0 bridgehead atoms. The van der Waals surface area contributed by atoms with E-state index in [2.05, 4.69) is 10.3 Å². The number of H-pyrrole nitrogens is 1. The number of halogens is 2. The van der Waals surface area contributed by atoms with E-state index in [4.69, 9.17) is 32.5 Å². The van der Waals surface area contributed by atoms with Crippen LogP contribution in [0.15, 0.2) is 56.8 Å². The summed E-state index contributed by atoms with van der Waals surface area (Å²) < 4.78 is 11.0. The van der Waals surface area contributed by atoms with Crippen LogP contribution in [0.2, 0.25) is 10.0 Å². The van der Waals surface area contributed by atoms with Gasteiger partial charge >= 0.3 is 11.3 Å². The molecule has 7 nitrogen and oxygen atoms in total. The molecule has 128 valence electrons. The highest BCUT2D eigenvalue weighted by Crippen LogP contribution is 2.27. The van der Waals surface area contributed by atoms with Crippen LogP contribution in [-0.4, -0.2) is 18.3 Å². The van der Waals surface area contributed by atoms with Gasteiger partial charge in [0.25, 0.3) is 0 Å². The van der Waals surface area contributed by atoms with Crippen molar-refractivity contribution in [3.8, 4) is 11.4 Å². The van der Waals surface area contributed by atoms with Crippen LogP contribution >= 0.6 is 23.2 Å². The molecule has 25 heavy (non-hydrogen) atoms. The summed E-state index contributed by atoms with van der Waals surface area (Å²) in [7, 11) is 1.53. The molecule has 0 aliphatic carbocycles. The van der Waals surface area contributed by atoms with Crippen LogP contribution in [0.3, 0.4) is 0 Å². The first-order valence-electron chi connectivity index (χ1n) is 6.98. The zero-order chi connectivity index (χ0) is 18.0. The van der Waals surface area contributed by atoms with Crippen LogP contribution in [0, 0.1) is 0 Å². The molecule has 0 amide bonds. The van der Waals surface area contributed by atoms with Crippen molar-refractivity contribution in [2.45, 2.75) is 0 Å². The van der Waals surface area contributed by atoms with Crippen LogP contribution in [0.4, 0.5) is 5.69 Å². The molecule has 0 spiro atoms. The van der Waals surface area contributed by atoms with E-state index in [0.717, 1.165) is 0 Å². The van der Waals surface area contributed by atoms with Crippen molar-refractivity contribution in [1.29, 1.82) is 0 Å². The summed E-state index contributed by atoms with van der Waals surface area (Å²) in [6.45, 7) is 0. The topological polar surface area (TPSA) is 94.5 Å². The third-order valence-corrected chi connectivity index (χ3v) is 3.85. The van der Waals surface area contributed by atoms with Crippen molar-refractivity contribution < 1.29 is 19.0 Å². The highest BCUT2D eigenvalue weighted by atomic mass is 35.5. The molecule has 0 saturated carbocycles. The lowest BCUT2D eigenvalue weighted by molar-refractivity contribution is -0.673. The molecule has 0 unspecified atom stereocenters. The van der Waals surface area contributed by atoms with Gasteiger partial charge in [-0.1, -0.05) is 23.2 Å². The summed E-state index contributed by atoms with van der Waals surface area (Å²) >= 11 is 11.8. The van der Waals surface area contributed by atoms with E-state index in [1.165, 1.54) is 30.0 Å². The molecule has 9 heteroatoms. The summed E-state index contributed by atoms with van der Waals surface area (Å²) in [6.07, 6.45) is 0. The fraction of sp³-hybridized carbons (Fsp3) is 0.0625. The van der Waals surface area contributed by atoms with E-state index >= 15 is 0 Å². The normalized spacial score (nSPS) is 11.6. The third-order valence-electron chi connectivity index (χ3n) is 3.31. The average Bonchev–Trinajstić information content (AvgIpc) is 2.99. The lowest BCUT2D eigenvalue weighted by atomic mass is 10.3. The van der Waals surface area contributed by atoms with Gasteiger partial charge in [0, 0.05) is 17.2 Å². The molecule has 3 aromatic rings. The first-order chi connectivity index (χ1) is 12.0. The van der Waals surface area contributed by atoms with Crippen molar-refractivity contribution in [2.24, 2.45) is 4.99 Å². The maximum atomic E-state index is 12.5. The minimum absolute atomic E-state index is 0.191. The number of hydrogen-bond donors (Lipinski definition) is 1. The van der Waals surface area contributed by atoms with Gasteiger partial charge in [-0.2, -0.15) is 0 Å². The van der Waals surface area contributed by atoms with Gasteiger partial charge in [0.15, 0.2) is 0 Å². The number of aliphatic imine (C=N–C) groups is 1. The van der Waals surface area contributed by atoms with E-state index in [-0.39, 0.29) is 16.4 Å². The standard InChI is InChI=1S/C16H11Cl2N3O4/c1-24-11-5-3-10(4-6-11)21-14(16(23)25-20-21)15(22)19-13-7-2-9(17)8-12(13)18/h2-8H,1H3,(H-,19,20,22,23). The summed E-state index contributed by atoms with van der Waals surface area (Å²) in [6, 6.07) is 11.1. The largest absolute Gasteiger partial charge is 0.854 e. The number of ether oxygens (including phenoxy) is 1. The second-order valence-electron chi connectivity index (χ2n) is 4.88. The predicted molar refractivity (Wildman–Crippen MR) is 90.1 cm³/mol. The number of nitrogens with zero attached hydrogens (tertiary/aromatic N) is 2. The smallest absolute Gasteiger partial charge is 0.436 e. The lowest BCUT2D eigenvalue weighted by Crippen LogP contribution is -2.44. The van der Waals surface area contributed by atoms with Crippen LogP contribution < -0.4 is 20.2 Å². The Morgan fingerprint density at radius 2 is 1.96 bits per heavy atom. The molecular weight excluding hydrogens is 369 g/mol. The second kappa shape index (κ2) is 7.00. The fourth-order valence-electron chi connectivity index (χ4n) is 2.10. The Bertz CT molecular complexity index is 993. The van der Waals surface area contributed by atoms with Crippen molar-refractivity contribution in [2.75, 3.05) is 7.11 Å². The quantitative estimate of drug-likeness (QED) is 0.426. The van der Waals surface area contributed by atoms with Gasteiger partial charge < -0.3 is 9.84 Å². The molecule has 0 saturated heterocycles. The molecule has 1 heterocycles. The molecular formula is C16H11Cl2N3O4. The molecule has 1 N–H and O–H groups in total. The fourth-order valence-corrected chi connectivity index (χ4v) is 2.55. The minimum Gasteiger partial charge on any atom is -0.854 e.